The molecular weight excluding hydrogens is 178 g/mol. The minimum Gasteiger partial charge on any atom is -0.391 e. The molecule has 0 aliphatic carbocycles. The van der Waals surface area contributed by atoms with Gasteiger partial charge in [0, 0.05) is 25.2 Å². The maximum Gasteiger partial charge on any atom is 0.0717 e. The predicted octanol–water partition coefficient (Wildman–Crippen LogP) is 0.327. The van der Waals surface area contributed by atoms with Crippen molar-refractivity contribution in [2.45, 2.75) is 39.3 Å². The monoisotopic (exact) mass is 197 g/mol. The lowest BCUT2D eigenvalue weighted by atomic mass is 10.2. The molecule has 1 heterocycles. The summed E-state index contributed by atoms with van der Waals surface area (Å²) in [5, 5.41) is 13.8. The van der Waals surface area contributed by atoms with Gasteiger partial charge in [-0.1, -0.05) is 6.92 Å². The van der Waals surface area contributed by atoms with E-state index in [0.717, 1.165) is 24.4 Å². The number of hydrogen-bond donors (Lipinski definition) is 2. The topological polar surface area (TPSA) is 64.1 Å². The number of nitrogens with zero attached hydrogens (tertiary/aromatic N) is 2. The second-order valence-electron chi connectivity index (χ2n) is 3.39. The summed E-state index contributed by atoms with van der Waals surface area (Å²) in [5.74, 6) is 0. The smallest absolute Gasteiger partial charge is 0.0717 e. The van der Waals surface area contributed by atoms with Gasteiger partial charge in [-0.05, 0) is 19.4 Å². The molecule has 4 nitrogen and oxygen atoms in total. The second kappa shape index (κ2) is 5.12. The molecule has 80 valence electrons. The van der Waals surface area contributed by atoms with Gasteiger partial charge in [0.25, 0.3) is 0 Å². The number of aliphatic hydroxyl groups is 1. The molecule has 0 bridgehead atoms. The molecule has 0 saturated carbocycles. The third-order valence-electron chi connectivity index (χ3n) is 2.29. The molecule has 1 atom stereocenters. The third-order valence-corrected chi connectivity index (χ3v) is 2.29. The van der Waals surface area contributed by atoms with Crippen molar-refractivity contribution in [2.24, 2.45) is 5.73 Å². The largest absolute Gasteiger partial charge is 0.391 e. The van der Waals surface area contributed by atoms with Gasteiger partial charge in [0.15, 0.2) is 0 Å². The van der Waals surface area contributed by atoms with Crippen LogP contribution in [0.2, 0.25) is 0 Å². The van der Waals surface area contributed by atoms with Gasteiger partial charge in [-0.2, -0.15) is 5.10 Å². The van der Waals surface area contributed by atoms with Crippen LogP contribution in [0.3, 0.4) is 0 Å². The van der Waals surface area contributed by atoms with Gasteiger partial charge in [0.1, 0.15) is 0 Å². The Labute approximate surface area is 84.7 Å². The van der Waals surface area contributed by atoms with Crippen LogP contribution in [0.1, 0.15) is 25.2 Å². The SMILES string of the molecule is CCc1cc(CC(O)CN)n(CC)n1. The first-order chi connectivity index (χ1) is 6.71. The van der Waals surface area contributed by atoms with Gasteiger partial charge >= 0.3 is 0 Å². The average Bonchev–Trinajstić information content (AvgIpc) is 2.60. The summed E-state index contributed by atoms with van der Waals surface area (Å²) in [6.45, 7) is 5.26. The standard InChI is InChI=1S/C10H19N3O/c1-3-8-5-9(6-10(14)7-11)13(4-2)12-8/h5,10,14H,3-4,6-7,11H2,1-2H3. The van der Waals surface area contributed by atoms with Crippen molar-refractivity contribution >= 4 is 0 Å². The van der Waals surface area contributed by atoms with E-state index in [0.29, 0.717) is 13.0 Å². The molecule has 1 aromatic rings. The Balaban J connectivity index is 2.78. The lowest BCUT2D eigenvalue weighted by molar-refractivity contribution is 0.180. The van der Waals surface area contributed by atoms with Gasteiger partial charge in [-0.15, -0.1) is 0 Å². The van der Waals surface area contributed by atoms with Crippen LogP contribution in [0.4, 0.5) is 0 Å². The van der Waals surface area contributed by atoms with Crippen molar-refractivity contribution in [3.8, 4) is 0 Å². The number of hydrogen-bond acceptors (Lipinski definition) is 3. The van der Waals surface area contributed by atoms with E-state index in [2.05, 4.69) is 12.0 Å². The summed E-state index contributed by atoms with van der Waals surface area (Å²) >= 11 is 0. The van der Waals surface area contributed by atoms with Crippen molar-refractivity contribution in [3.05, 3.63) is 17.5 Å². The molecule has 0 amide bonds. The zero-order valence-corrected chi connectivity index (χ0v) is 8.90. The van der Waals surface area contributed by atoms with Crippen LogP contribution in [-0.4, -0.2) is 27.5 Å². The molecule has 0 radical (unpaired) electrons. The average molecular weight is 197 g/mol. The van der Waals surface area contributed by atoms with Gasteiger partial charge < -0.3 is 10.8 Å². The van der Waals surface area contributed by atoms with Crippen LogP contribution < -0.4 is 5.73 Å². The molecule has 4 heteroatoms. The molecule has 0 aromatic carbocycles. The van der Waals surface area contributed by atoms with Gasteiger partial charge in [-0.3, -0.25) is 4.68 Å². The van der Waals surface area contributed by atoms with E-state index in [1.54, 1.807) is 0 Å². The summed E-state index contributed by atoms with van der Waals surface area (Å²) in [7, 11) is 0. The fraction of sp³-hybridized carbons (Fsp3) is 0.700. The van der Waals surface area contributed by atoms with E-state index in [4.69, 9.17) is 5.73 Å². The van der Waals surface area contributed by atoms with E-state index in [1.165, 1.54) is 0 Å². The zero-order chi connectivity index (χ0) is 10.6. The zero-order valence-electron chi connectivity index (χ0n) is 8.90. The maximum absolute atomic E-state index is 9.45. The molecule has 1 aromatic heterocycles. The highest BCUT2D eigenvalue weighted by Crippen LogP contribution is 2.08. The number of nitrogens with two attached hydrogens (primary N) is 1. The molecule has 0 fully saturated rings. The Hall–Kier alpha value is -0.870. The predicted molar refractivity (Wildman–Crippen MR) is 56.0 cm³/mol. The first-order valence-electron chi connectivity index (χ1n) is 5.15. The van der Waals surface area contributed by atoms with Gasteiger partial charge in [0.05, 0.1) is 11.8 Å². The Morgan fingerprint density at radius 1 is 1.57 bits per heavy atom. The van der Waals surface area contributed by atoms with Crippen molar-refractivity contribution < 1.29 is 5.11 Å². The van der Waals surface area contributed by atoms with E-state index in [1.807, 2.05) is 17.7 Å². The van der Waals surface area contributed by atoms with E-state index >= 15 is 0 Å². The molecular formula is C10H19N3O. The fourth-order valence-electron chi connectivity index (χ4n) is 1.45. The highest BCUT2D eigenvalue weighted by molar-refractivity contribution is 5.11. The molecule has 14 heavy (non-hydrogen) atoms. The Kier molecular flexibility index (Phi) is 4.10. The summed E-state index contributed by atoms with van der Waals surface area (Å²) in [6.07, 6.45) is 1.07. The number of rotatable bonds is 5. The lowest BCUT2D eigenvalue weighted by Gasteiger charge is -2.08. The van der Waals surface area contributed by atoms with Crippen molar-refractivity contribution in [3.63, 3.8) is 0 Å². The first-order valence-corrected chi connectivity index (χ1v) is 5.15. The van der Waals surface area contributed by atoms with E-state index in [9.17, 15) is 5.11 Å². The highest BCUT2D eigenvalue weighted by Gasteiger charge is 2.09. The Bertz CT molecular complexity index is 283. The molecule has 0 aliphatic heterocycles. The second-order valence-corrected chi connectivity index (χ2v) is 3.39. The molecule has 0 aliphatic rings. The molecule has 0 spiro atoms. The number of aromatic nitrogens is 2. The minimum atomic E-state index is -0.457. The van der Waals surface area contributed by atoms with E-state index in [-0.39, 0.29) is 0 Å². The quantitative estimate of drug-likeness (QED) is 0.715. The Morgan fingerprint density at radius 2 is 2.29 bits per heavy atom. The van der Waals surface area contributed by atoms with Crippen LogP contribution in [-0.2, 0) is 19.4 Å². The summed E-state index contributed by atoms with van der Waals surface area (Å²) < 4.78 is 1.93. The summed E-state index contributed by atoms with van der Waals surface area (Å²) in [4.78, 5) is 0. The molecule has 3 N–H and O–H groups in total. The minimum absolute atomic E-state index is 0.302. The van der Waals surface area contributed by atoms with Crippen LogP contribution in [0.5, 0.6) is 0 Å². The van der Waals surface area contributed by atoms with Crippen LogP contribution in [0.25, 0.3) is 0 Å². The first kappa shape index (κ1) is 11.2. The van der Waals surface area contributed by atoms with Crippen molar-refractivity contribution in [1.82, 2.24) is 9.78 Å². The van der Waals surface area contributed by atoms with Crippen molar-refractivity contribution in [2.75, 3.05) is 6.54 Å². The van der Waals surface area contributed by atoms with Crippen molar-refractivity contribution in [1.29, 1.82) is 0 Å². The lowest BCUT2D eigenvalue weighted by Crippen LogP contribution is -2.23. The highest BCUT2D eigenvalue weighted by atomic mass is 16.3. The van der Waals surface area contributed by atoms with Gasteiger partial charge in [0.2, 0.25) is 0 Å². The molecule has 1 rings (SSSR count). The normalized spacial score (nSPS) is 13.1. The third kappa shape index (κ3) is 2.56. The fourth-order valence-corrected chi connectivity index (χ4v) is 1.45. The van der Waals surface area contributed by atoms with Crippen LogP contribution in [0, 0.1) is 0 Å². The molecule has 0 saturated heterocycles. The Morgan fingerprint density at radius 3 is 2.79 bits per heavy atom. The van der Waals surface area contributed by atoms with Crippen LogP contribution in [0.15, 0.2) is 6.07 Å². The van der Waals surface area contributed by atoms with Gasteiger partial charge in [-0.25, -0.2) is 0 Å². The summed E-state index contributed by atoms with van der Waals surface area (Å²) in [6, 6.07) is 2.04. The van der Waals surface area contributed by atoms with E-state index < -0.39 is 6.10 Å². The number of aryl methyl sites for hydroxylation is 2. The number of aliphatic hydroxyl groups excluding tert-OH is 1. The summed E-state index contributed by atoms with van der Waals surface area (Å²) in [5.41, 5.74) is 7.52. The maximum atomic E-state index is 9.45. The van der Waals surface area contributed by atoms with Crippen LogP contribution >= 0.6 is 0 Å². The molecule has 1 unspecified atom stereocenters.